The quantitative estimate of drug-likeness (QED) is 0.699. The second-order valence-corrected chi connectivity index (χ2v) is 4.84. The molecule has 0 amide bonds. The predicted octanol–water partition coefficient (Wildman–Crippen LogP) is -0.813. The maximum Gasteiger partial charge on any atom is 0.295 e. The average molecular weight is 283 g/mol. The molecule has 19 heavy (non-hydrogen) atoms. The number of hydrogen-bond acceptors (Lipinski definition) is 6. The molecule has 0 aromatic carbocycles. The van der Waals surface area contributed by atoms with E-state index >= 15 is 0 Å². The highest BCUT2D eigenvalue weighted by Gasteiger charge is 2.22. The minimum absolute atomic E-state index is 0.255. The van der Waals surface area contributed by atoms with Crippen LogP contribution in [-0.2, 0) is 0 Å². The Kier molecular flexibility index (Phi) is 4.33. The van der Waals surface area contributed by atoms with E-state index in [4.69, 9.17) is 22.7 Å². The van der Waals surface area contributed by atoms with Crippen LogP contribution in [0, 0.1) is 0 Å². The summed E-state index contributed by atoms with van der Waals surface area (Å²) in [6, 6.07) is 0. The fourth-order valence-corrected chi connectivity index (χ4v) is 2.31. The van der Waals surface area contributed by atoms with Crippen molar-refractivity contribution in [2.45, 2.75) is 0 Å². The van der Waals surface area contributed by atoms with Gasteiger partial charge < -0.3 is 20.4 Å². The SMILES string of the molecule is COc1c(N2CCN(CC(N)=S)CC2)nc[nH]c1=O. The Morgan fingerprint density at radius 2 is 2.21 bits per heavy atom. The first-order chi connectivity index (χ1) is 9.11. The normalized spacial score (nSPS) is 16.4. The van der Waals surface area contributed by atoms with Crippen LogP contribution in [0.3, 0.4) is 0 Å². The lowest BCUT2D eigenvalue weighted by atomic mass is 10.3. The van der Waals surface area contributed by atoms with Gasteiger partial charge in [0.2, 0.25) is 5.75 Å². The number of hydrogen-bond donors (Lipinski definition) is 2. The van der Waals surface area contributed by atoms with Crippen molar-refractivity contribution >= 4 is 23.0 Å². The number of methoxy groups -OCH3 is 1. The summed E-state index contributed by atoms with van der Waals surface area (Å²) >= 11 is 4.90. The molecular formula is C11H17N5O2S. The van der Waals surface area contributed by atoms with Gasteiger partial charge in [0.1, 0.15) is 0 Å². The zero-order valence-electron chi connectivity index (χ0n) is 10.8. The first-order valence-electron chi connectivity index (χ1n) is 5.99. The van der Waals surface area contributed by atoms with Gasteiger partial charge in [-0.2, -0.15) is 0 Å². The van der Waals surface area contributed by atoms with Gasteiger partial charge in [-0.05, 0) is 0 Å². The number of rotatable bonds is 4. The van der Waals surface area contributed by atoms with Gasteiger partial charge in [0.25, 0.3) is 5.56 Å². The average Bonchev–Trinajstić information content (AvgIpc) is 2.38. The van der Waals surface area contributed by atoms with Crippen LogP contribution >= 0.6 is 12.2 Å². The number of nitrogens with two attached hydrogens (primary N) is 1. The molecule has 2 rings (SSSR count). The molecule has 0 aliphatic carbocycles. The third-order valence-electron chi connectivity index (χ3n) is 3.05. The van der Waals surface area contributed by atoms with Crippen molar-refractivity contribution in [2.24, 2.45) is 5.73 Å². The molecule has 0 atom stereocenters. The van der Waals surface area contributed by atoms with Crippen LogP contribution in [0.5, 0.6) is 5.75 Å². The second kappa shape index (κ2) is 5.98. The summed E-state index contributed by atoms with van der Waals surface area (Å²) < 4.78 is 5.12. The van der Waals surface area contributed by atoms with E-state index in [0.717, 1.165) is 26.2 Å². The fraction of sp³-hybridized carbons (Fsp3) is 0.545. The van der Waals surface area contributed by atoms with Crippen molar-refractivity contribution in [1.29, 1.82) is 0 Å². The van der Waals surface area contributed by atoms with Crippen molar-refractivity contribution in [3.63, 3.8) is 0 Å². The van der Waals surface area contributed by atoms with E-state index in [1.54, 1.807) is 0 Å². The molecule has 0 radical (unpaired) electrons. The van der Waals surface area contributed by atoms with E-state index in [-0.39, 0.29) is 11.3 Å². The van der Waals surface area contributed by atoms with E-state index in [0.29, 0.717) is 17.4 Å². The molecule has 1 aliphatic heterocycles. The van der Waals surface area contributed by atoms with Crippen LogP contribution in [0.15, 0.2) is 11.1 Å². The van der Waals surface area contributed by atoms with Crippen LogP contribution in [0.2, 0.25) is 0 Å². The zero-order chi connectivity index (χ0) is 13.8. The third kappa shape index (κ3) is 3.21. The molecule has 0 spiro atoms. The number of anilines is 1. The van der Waals surface area contributed by atoms with Gasteiger partial charge in [-0.25, -0.2) is 4.98 Å². The zero-order valence-corrected chi connectivity index (χ0v) is 11.6. The Labute approximate surface area is 116 Å². The molecule has 3 N–H and O–H groups in total. The Hall–Kier alpha value is -1.67. The molecule has 8 heteroatoms. The Morgan fingerprint density at radius 1 is 1.53 bits per heavy atom. The van der Waals surface area contributed by atoms with Gasteiger partial charge in [0.15, 0.2) is 5.82 Å². The summed E-state index contributed by atoms with van der Waals surface area (Å²) in [5.74, 6) is 0.839. The molecule has 2 heterocycles. The van der Waals surface area contributed by atoms with Crippen LogP contribution in [0.4, 0.5) is 5.82 Å². The lowest BCUT2D eigenvalue weighted by Gasteiger charge is -2.35. The molecular weight excluding hydrogens is 266 g/mol. The molecule has 1 aliphatic rings. The van der Waals surface area contributed by atoms with Crippen LogP contribution in [0.25, 0.3) is 0 Å². The van der Waals surface area contributed by atoms with E-state index < -0.39 is 0 Å². The first kappa shape index (κ1) is 13.8. The highest BCUT2D eigenvalue weighted by Crippen LogP contribution is 2.21. The topological polar surface area (TPSA) is 87.5 Å². The monoisotopic (exact) mass is 283 g/mol. The maximum absolute atomic E-state index is 11.6. The molecule has 0 unspecified atom stereocenters. The Morgan fingerprint density at radius 3 is 2.79 bits per heavy atom. The summed E-state index contributed by atoms with van der Waals surface area (Å²) in [6.07, 6.45) is 1.39. The highest BCUT2D eigenvalue weighted by molar-refractivity contribution is 7.80. The number of H-pyrrole nitrogens is 1. The molecule has 104 valence electrons. The van der Waals surface area contributed by atoms with Gasteiger partial charge in [-0.1, -0.05) is 12.2 Å². The van der Waals surface area contributed by atoms with Gasteiger partial charge in [0.05, 0.1) is 18.4 Å². The third-order valence-corrected chi connectivity index (χ3v) is 3.18. The van der Waals surface area contributed by atoms with Crippen molar-refractivity contribution in [3.8, 4) is 5.75 Å². The molecule has 1 aromatic rings. The van der Waals surface area contributed by atoms with Gasteiger partial charge >= 0.3 is 0 Å². The van der Waals surface area contributed by atoms with Gasteiger partial charge in [-0.15, -0.1) is 0 Å². The van der Waals surface area contributed by atoms with Crippen LogP contribution in [0.1, 0.15) is 0 Å². The first-order valence-corrected chi connectivity index (χ1v) is 6.40. The smallest absolute Gasteiger partial charge is 0.295 e. The number of aromatic nitrogens is 2. The minimum atomic E-state index is -0.266. The number of piperazine rings is 1. The Balaban J connectivity index is 2.08. The largest absolute Gasteiger partial charge is 0.489 e. The van der Waals surface area contributed by atoms with Crippen LogP contribution < -0.4 is 20.9 Å². The fourth-order valence-electron chi connectivity index (χ4n) is 2.13. The lowest BCUT2D eigenvalue weighted by Crippen LogP contribution is -2.49. The van der Waals surface area contributed by atoms with E-state index in [1.165, 1.54) is 13.4 Å². The van der Waals surface area contributed by atoms with Crippen LogP contribution in [-0.4, -0.2) is 59.7 Å². The minimum Gasteiger partial charge on any atom is -0.489 e. The number of nitrogens with zero attached hydrogens (tertiary/aromatic N) is 3. The molecule has 0 bridgehead atoms. The summed E-state index contributed by atoms with van der Waals surface area (Å²) in [4.78, 5) is 23.0. The summed E-state index contributed by atoms with van der Waals surface area (Å²) in [7, 11) is 1.47. The van der Waals surface area contributed by atoms with Crippen molar-refractivity contribution in [3.05, 3.63) is 16.7 Å². The number of aromatic amines is 1. The van der Waals surface area contributed by atoms with Crippen molar-refractivity contribution in [2.75, 3.05) is 44.7 Å². The van der Waals surface area contributed by atoms with Crippen molar-refractivity contribution in [1.82, 2.24) is 14.9 Å². The predicted molar refractivity (Wildman–Crippen MR) is 76.8 cm³/mol. The van der Waals surface area contributed by atoms with Gasteiger partial charge in [0, 0.05) is 32.7 Å². The van der Waals surface area contributed by atoms with Gasteiger partial charge in [-0.3, -0.25) is 9.69 Å². The molecule has 1 aromatic heterocycles. The Bertz CT molecular complexity index is 510. The highest BCUT2D eigenvalue weighted by atomic mass is 32.1. The lowest BCUT2D eigenvalue weighted by molar-refractivity contribution is 0.290. The molecule has 7 nitrogen and oxygen atoms in total. The van der Waals surface area contributed by atoms with E-state index in [2.05, 4.69) is 14.9 Å². The van der Waals surface area contributed by atoms with Crippen molar-refractivity contribution < 1.29 is 4.74 Å². The van der Waals surface area contributed by atoms with E-state index in [9.17, 15) is 4.79 Å². The molecule has 1 saturated heterocycles. The number of thiocarbonyl (C=S) groups is 1. The summed E-state index contributed by atoms with van der Waals surface area (Å²) in [5.41, 5.74) is 5.27. The second-order valence-electron chi connectivity index (χ2n) is 4.32. The molecule has 1 fully saturated rings. The summed E-state index contributed by atoms with van der Waals surface area (Å²) in [6.45, 7) is 3.80. The standard InChI is InChI=1S/C11H17N5O2S/c1-18-9-10(13-7-14-11(9)17)16-4-2-15(3-5-16)6-8(12)19/h7H,2-6H2,1H3,(H2,12,19)(H,13,14,17). The van der Waals surface area contributed by atoms with E-state index in [1.807, 2.05) is 4.90 Å². The molecule has 0 saturated carbocycles. The number of ether oxygens (including phenoxy) is 1. The summed E-state index contributed by atoms with van der Waals surface area (Å²) in [5, 5.41) is 0. The maximum atomic E-state index is 11.6. The number of nitrogens with one attached hydrogen (secondary N) is 1.